The summed E-state index contributed by atoms with van der Waals surface area (Å²) in [5.74, 6) is 0.874. The normalized spacial score (nSPS) is 22.9. The Bertz CT molecular complexity index is 160. The van der Waals surface area contributed by atoms with Crippen LogP contribution in [0.5, 0.6) is 0 Å². The van der Waals surface area contributed by atoms with Gasteiger partial charge in [0.2, 0.25) is 0 Å². The highest BCUT2D eigenvalue weighted by Crippen LogP contribution is 2.29. The van der Waals surface area contributed by atoms with Gasteiger partial charge in [-0.3, -0.25) is 0 Å². The van der Waals surface area contributed by atoms with E-state index in [-0.39, 0.29) is 12.7 Å². The van der Waals surface area contributed by atoms with E-state index in [4.69, 9.17) is 14.9 Å². The Morgan fingerprint density at radius 2 is 1.84 bits per heavy atom. The molecule has 0 spiro atoms. The van der Waals surface area contributed by atoms with Gasteiger partial charge in [0.1, 0.15) is 0 Å². The number of rotatable bonds is 6. The number of hydrogen-bond acceptors (Lipinski definition) is 3. The second-order valence-corrected chi connectivity index (χ2v) is 4.94. The van der Waals surface area contributed by atoms with Gasteiger partial charge in [-0.05, 0) is 38.5 Å². The Morgan fingerprint density at radius 3 is 2.16 bits per heavy atom. The third-order valence-electron chi connectivity index (χ3n) is 3.22. The average molecular weight is 276 g/mol. The Morgan fingerprint density at radius 1 is 1.21 bits per heavy atom. The van der Waals surface area contributed by atoms with Gasteiger partial charge >= 0.3 is 0 Å². The zero-order valence-electron chi connectivity index (χ0n) is 13.7. The van der Waals surface area contributed by atoms with E-state index in [1.807, 2.05) is 20.8 Å². The van der Waals surface area contributed by atoms with Gasteiger partial charge in [-0.2, -0.15) is 0 Å². The first-order chi connectivity index (χ1) is 9.13. The standard InChI is InChI=1S/C9H18O2.C5H12O.C2H6/c1-2-8-3-4-9(7-8)11-6-5-10;1-3-4-5(2)6;1-2/h8-10H,2-7H2,1H3;5-6H,3-4H2,1-2H3;1-2H3. The summed E-state index contributed by atoms with van der Waals surface area (Å²) in [6.45, 7) is 10.8. The smallest absolute Gasteiger partial charge is 0.0701 e. The molecule has 0 radical (unpaired) electrons. The summed E-state index contributed by atoms with van der Waals surface area (Å²) in [5, 5.41) is 17.1. The molecule has 118 valence electrons. The van der Waals surface area contributed by atoms with Crippen LogP contribution in [0.1, 0.15) is 73.1 Å². The second kappa shape index (κ2) is 15.9. The fourth-order valence-electron chi connectivity index (χ4n) is 2.19. The Balaban J connectivity index is 0. The summed E-state index contributed by atoms with van der Waals surface area (Å²) in [7, 11) is 0. The van der Waals surface area contributed by atoms with E-state index in [1.54, 1.807) is 0 Å². The quantitative estimate of drug-likeness (QED) is 0.776. The highest BCUT2D eigenvalue weighted by atomic mass is 16.5. The van der Waals surface area contributed by atoms with Gasteiger partial charge in [0.05, 0.1) is 25.4 Å². The van der Waals surface area contributed by atoms with Gasteiger partial charge in [-0.25, -0.2) is 0 Å². The van der Waals surface area contributed by atoms with Gasteiger partial charge in [0.25, 0.3) is 0 Å². The van der Waals surface area contributed by atoms with Crippen molar-refractivity contribution in [3.63, 3.8) is 0 Å². The highest BCUT2D eigenvalue weighted by Gasteiger charge is 2.23. The van der Waals surface area contributed by atoms with Crippen molar-refractivity contribution in [1.82, 2.24) is 0 Å². The molecule has 3 atom stereocenters. The Labute approximate surface area is 120 Å². The molecule has 0 saturated heterocycles. The van der Waals surface area contributed by atoms with Crippen molar-refractivity contribution >= 4 is 0 Å². The van der Waals surface area contributed by atoms with E-state index in [2.05, 4.69) is 13.8 Å². The minimum atomic E-state index is -0.102. The molecule has 2 N–H and O–H groups in total. The van der Waals surface area contributed by atoms with Gasteiger partial charge in [0.15, 0.2) is 0 Å². The van der Waals surface area contributed by atoms with Crippen LogP contribution in [0.15, 0.2) is 0 Å². The lowest BCUT2D eigenvalue weighted by molar-refractivity contribution is 0.0307. The summed E-state index contributed by atoms with van der Waals surface area (Å²) in [6.07, 6.45) is 7.33. The van der Waals surface area contributed by atoms with E-state index < -0.39 is 0 Å². The summed E-state index contributed by atoms with van der Waals surface area (Å²) in [5.41, 5.74) is 0. The monoisotopic (exact) mass is 276 g/mol. The van der Waals surface area contributed by atoms with Gasteiger partial charge in [-0.1, -0.05) is 40.5 Å². The minimum Gasteiger partial charge on any atom is -0.394 e. The number of aliphatic hydroxyl groups is 2. The van der Waals surface area contributed by atoms with Crippen molar-refractivity contribution in [2.45, 2.75) is 85.4 Å². The molecule has 3 nitrogen and oxygen atoms in total. The zero-order valence-corrected chi connectivity index (χ0v) is 13.7. The first-order valence-corrected chi connectivity index (χ1v) is 8.04. The number of hydrogen-bond donors (Lipinski definition) is 2. The lowest BCUT2D eigenvalue weighted by Crippen LogP contribution is -2.11. The predicted octanol–water partition coefficient (Wildman–Crippen LogP) is 3.77. The van der Waals surface area contributed by atoms with Crippen molar-refractivity contribution in [1.29, 1.82) is 0 Å². The maximum atomic E-state index is 8.55. The van der Waals surface area contributed by atoms with Crippen molar-refractivity contribution in [2.24, 2.45) is 5.92 Å². The van der Waals surface area contributed by atoms with Crippen molar-refractivity contribution in [2.75, 3.05) is 13.2 Å². The number of ether oxygens (including phenoxy) is 1. The van der Waals surface area contributed by atoms with Crippen LogP contribution in [0.2, 0.25) is 0 Å². The minimum absolute atomic E-state index is 0.102. The van der Waals surface area contributed by atoms with Crippen molar-refractivity contribution in [3.8, 4) is 0 Å². The van der Waals surface area contributed by atoms with E-state index in [1.165, 1.54) is 25.7 Å². The van der Waals surface area contributed by atoms with Crippen LogP contribution in [0.25, 0.3) is 0 Å². The third-order valence-corrected chi connectivity index (χ3v) is 3.22. The Hall–Kier alpha value is -0.120. The summed E-state index contributed by atoms with van der Waals surface area (Å²) in [6, 6.07) is 0. The molecule has 0 amide bonds. The molecule has 1 aliphatic carbocycles. The van der Waals surface area contributed by atoms with Crippen LogP contribution in [0, 0.1) is 5.92 Å². The van der Waals surface area contributed by atoms with Crippen molar-refractivity contribution in [3.05, 3.63) is 0 Å². The summed E-state index contributed by atoms with van der Waals surface area (Å²) < 4.78 is 5.43. The molecule has 1 saturated carbocycles. The molecule has 1 aliphatic rings. The van der Waals surface area contributed by atoms with E-state index >= 15 is 0 Å². The molecule has 3 unspecified atom stereocenters. The van der Waals surface area contributed by atoms with E-state index in [0.717, 1.165) is 18.8 Å². The molecule has 19 heavy (non-hydrogen) atoms. The molecule has 0 aliphatic heterocycles. The molecule has 3 heteroatoms. The molecule has 1 rings (SSSR count). The van der Waals surface area contributed by atoms with Crippen LogP contribution in [-0.2, 0) is 4.74 Å². The molecule has 0 bridgehead atoms. The van der Waals surface area contributed by atoms with E-state index in [9.17, 15) is 0 Å². The zero-order chi connectivity index (χ0) is 15.1. The largest absolute Gasteiger partial charge is 0.394 e. The van der Waals surface area contributed by atoms with Crippen LogP contribution < -0.4 is 0 Å². The molecule has 0 aromatic carbocycles. The molecule has 0 aromatic heterocycles. The maximum Gasteiger partial charge on any atom is 0.0701 e. The topological polar surface area (TPSA) is 49.7 Å². The molecule has 0 aromatic rings. The second-order valence-electron chi connectivity index (χ2n) is 4.94. The molecule has 1 fully saturated rings. The van der Waals surface area contributed by atoms with E-state index in [0.29, 0.717) is 12.7 Å². The fourth-order valence-corrected chi connectivity index (χ4v) is 2.19. The fraction of sp³-hybridized carbons (Fsp3) is 1.00. The maximum absolute atomic E-state index is 8.55. The molecular weight excluding hydrogens is 240 g/mol. The highest BCUT2D eigenvalue weighted by molar-refractivity contribution is 4.74. The van der Waals surface area contributed by atoms with Crippen LogP contribution in [0.3, 0.4) is 0 Å². The van der Waals surface area contributed by atoms with Crippen molar-refractivity contribution < 1.29 is 14.9 Å². The Kier molecular flexibility index (Phi) is 17.8. The summed E-state index contributed by atoms with van der Waals surface area (Å²) in [4.78, 5) is 0. The first kappa shape index (κ1) is 21.2. The average Bonchev–Trinajstić information content (AvgIpc) is 2.87. The first-order valence-electron chi connectivity index (χ1n) is 8.04. The molecular formula is C16H36O3. The van der Waals surface area contributed by atoms with Crippen LogP contribution in [0.4, 0.5) is 0 Å². The lowest BCUT2D eigenvalue weighted by Gasteiger charge is -2.10. The SMILES string of the molecule is CC.CCC1CCC(OCCO)C1.CCCC(C)O. The van der Waals surface area contributed by atoms with Gasteiger partial charge in [-0.15, -0.1) is 0 Å². The van der Waals surface area contributed by atoms with Gasteiger partial charge in [0, 0.05) is 0 Å². The lowest BCUT2D eigenvalue weighted by atomic mass is 10.1. The van der Waals surface area contributed by atoms with Crippen LogP contribution in [-0.4, -0.2) is 35.6 Å². The molecule has 0 heterocycles. The summed E-state index contributed by atoms with van der Waals surface area (Å²) >= 11 is 0. The van der Waals surface area contributed by atoms with Crippen LogP contribution >= 0.6 is 0 Å². The third kappa shape index (κ3) is 14.1. The number of aliphatic hydroxyl groups excluding tert-OH is 2. The predicted molar refractivity (Wildman–Crippen MR) is 82.4 cm³/mol. The van der Waals surface area contributed by atoms with Gasteiger partial charge < -0.3 is 14.9 Å².